The third kappa shape index (κ3) is 3.87. The molecule has 1 heterocycles. The SMILES string of the molecule is NCCC(=O)NC1CCS(=O)CC1. The fourth-order valence-corrected chi connectivity index (χ4v) is 2.67. The molecule has 0 aromatic heterocycles. The van der Waals surface area contributed by atoms with Crippen molar-refractivity contribution < 1.29 is 9.00 Å². The van der Waals surface area contributed by atoms with Crippen molar-refractivity contribution in [1.82, 2.24) is 5.32 Å². The van der Waals surface area contributed by atoms with Gasteiger partial charge in [0.1, 0.15) is 0 Å². The molecule has 1 amide bonds. The number of nitrogens with one attached hydrogen (secondary N) is 1. The summed E-state index contributed by atoms with van der Waals surface area (Å²) in [5, 5.41) is 2.89. The lowest BCUT2D eigenvalue weighted by molar-refractivity contribution is -0.121. The van der Waals surface area contributed by atoms with Gasteiger partial charge >= 0.3 is 0 Å². The van der Waals surface area contributed by atoms with Gasteiger partial charge in [0, 0.05) is 41.3 Å². The Bertz CT molecular complexity index is 198. The maximum Gasteiger partial charge on any atom is 0.221 e. The first kappa shape index (κ1) is 10.7. The van der Waals surface area contributed by atoms with Crippen molar-refractivity contribution >= 4 is 16.7 Å². The molecule has 0 aromatic rings. The van der Waals surface area contributed by atoms with E-state index in [0.717, 1.165) is 12.8 Å². The lowest BCUT2D eigenvalue weighted by Crippen LogP contribution is -2.40. The molecular formula is C8H16N2O2S. The third-order valence-electron chi connectivity index (χ3n) is 2.12. The van der Waals surface area contributed by atoms with Gasteiger partial charge in [-0.25, -0.2) is 0 Å². The zero-order valence-corrected chi connectivity index (χ0v) is 8.44. The van der Waals surface area contributed by atoms with Crippen LogP contribution in [0.1, 0.15) is 19.3 Å². The Labute approximate surface area is 80.7 Å². The van der Waals surface area contributed by atoms with Gasteiger partial charge in [-0.1, -0.05) is 0 Å². The van der Waals surface area contributed by atoms with Gasteiger partial charge in [-0.3, -0.25) is 9.00 Å². The quantitative estimate of drug-likeness (QED) is 0.642. The van der Waals surface area contributed by atoms with Crippen molar-refractivity contribution in [2.75, 3.05) is 18.1 Å². The third-order valence-corrected chi connectivity index (χ3v) is 3.51. The molecule has 13 heavy (non-hydrogen) atoms. The fraction of sp³-hybridized carbons (Fsp3) is 0.875. The van der Waals surface area contributed by atoms with Gasteiger partial charge in [0.05, 0.1) is 0 Å². The van der Waals surface area contributed by atoms with Gasteiger partial charge in [0.25, 0.3) is 0 Å². The van der Waals surface area contributed by atoms with Crippen LogP contribution in [0.5, 0.6) is 0 Å². The highest BCUT2D eigenvalue weighted by Crippen LogP contribution is 2.08. The van der Waals surface area contributed by atoms with Crippen molar-refractivity contribution in [3.63, 3.8) is 0 Å². The van der Waals surface area contributed by atoms with E-state index in [1.54, 1.807) is 0 Å². The van der Waals surface area contributed by atoms with E-state index in [1.807, 2.05) is 0 Å². The first-order chi connectivity index (χ1) is 6.22. The minimum absolute atomic E-state index is 0.0141. The number of hydrogen-bond acceptors (Lipinski definition) is 3. The van der Waals surface area contributed by atoms with Crippen LogP contribution in [-0.2, 0) is 15.6 Å². The number of carbonyl (C=O) groups excluding carboxylic acids is 1. The molecule has 0 spiro atoms. The minimum atomic E-state index is -0.655. The Morgan fingerprint density at radius 1 is 1.46 bits per heavy atom. The van der Waals surface area contributed by atoms with Gasteiger partial charge in [0.15, 0.2) is 0 Å². The van der Waals surface area contributed by atoms with Gasteiger partial charge in [-0.2, -0.15) is 0 Å². The topological polar surface area (TPSA) is 72.2 Å². The highest BCUT2D eigenvalue weighted by molar-refractivity contribution is 7.85. The van der Waals surface area contributed by atoms with Crippen LogP contribution in [0.25, 0.3) is 0 Å². The largest absolute Gasteiger partial charge is 0.353 e. The first-order valence-electron chi connectivity index (χ1n) is 4.57. The summed E-state index contributed by atoms with van der Waals surface area (Å²) in [5.41, 5.74) is 5.25. The highest BCUT2D eigenvalue weighted by atomic mass is 32.2. The molecule has 1 rings (SSSR count). The molecular weight excluding hydrogens is 188 g/mol. The van der Waals surface area contributed by atoms with Crippen LogP contribution in [0, 0.1) is 0 Å². The van der Waals surface area contributed by atoms with E-state index < -0.39 is 10.8 Å². The smallest absolute Gasteiger partial charge is 0.221 e. The van der Waals surface area contributed by atoms with Crippen LogP contribution in [0.15, 0.2) is 0 Å². The Morgan fingerprint density at radius 3 is 2.62 bits per heavy atom. The molecule has 0 unspecified atom stereocenters. The van der Waals surface area contributed by atoms with Gasteiger partial charge in [-0.05, 0) is 12.8 Å². The predicted molar refractivity (Wildman–Crippen MR) is 52.7 cm³/mol. The summed E-state index contributed by atoms with van der Waals surface area (Å²) >= 11 is 0. The number of rotatable bonds is 3. The first-order valence-corrected chi connectivity index (χ1v) is 6.05. The van der Waals surface area contributed by atoms with Crippen molar-refractivity contribution in [2.45, 2.75) is 25.3 Å². The summed E-state index contributed by atoms with van der Waals surface area (Å²) in [7, 11) is -0.655. The van der Waals surface area contributed by atoms with Crippen LogP contribution >= 0.6 is 0 Å². The normalized spacial score (nSPS) is 28.4. The molecule has 0 saturated carbocycles. The predicted octanol–water partition coefficient (Wildman–Crippen LogP) is -0.637. The van der Waals surface area contributed by atoms with Crippen LogP contribution in [0.4, 0.5) is 0 Å². The van der Waals surface area contributed by atoms with E-state index in [1.165, 1.54) is 0 Å². The van der Waals surface area contributed by atoms with Crippen molar-refractivity contribution in [3.8, 4) is 0 Å². The number of nitrogens with two attached hydrogens (primary N) is 1. The molecule has 0 aliphatic carbocycles. The number of hydrogen-bond donors (Lipinski definition) is 2. The summed E-state index contributed by atoms with van der Waals surface area (Å²) in [6, 6.07) is 0.219. The molecule has 1 aliphatic heterocycles. The lowest BCUT2D eigenvalue weighted by atomic mass is 10.1. The monoisotopic (exact) mass is 204 g/mol. The molecule has 4 nitrogen and oxygen atoms in total. The van der Waals surface area contributed by atoms with Gasteiger partial charge < -0.3 is 11.1 Å². The van der Waals surface area contributed by atoms with Crippen molar-refractivity contribution in [2.24, 2.45) is 5.73 Å². The average Bonchev–Trinajstić information content (AvgIpc) is 2.09. The molecule has 1 fully saturated rings. The Balaban J connectivity index is 2.22. The van der Waals surface area contributed by atoms with Crippen molar-refractivity contribution in [1.29, 1.82) is 0 Å². The second-order valence-electron chi connectivity index (χ2n) is 3.23. The molecule has 1 saturated heterocycles. The maximum atomic E-state index is 11.1. The van der Waals surface area contributed by atoms with Gasteiger partial charge in [0.2, 0.25) is 5.91 Å². The van der Waals surface area contributed by atoms with Gasteiger partial charge in [-0.15, -0.1) is 0 Å². The number of carbonyl (C=O) groups is 1. The van der Waals surface area contributed by atoms with Crippen LogP contribution < -0.4 is 11.1 Å². The van der Waals surface area contributed by atoms with Crippen LogP contribution in [0.3, 0.4) is 0 Å². The maximum absolute atomic E-state index is 11.1. The lowest BCUT2D eigenvalue weighted by Gasteiger charge is -2.22. The zero-order valence-electron chi connectivity index (χ0n) is 7.62. The summed E-state index contributed by atoms with van der Waals surface area (Å²) in [6.45, 7) is 0.393. The van der Waals surface area contributed by atoms with Crippen LogP contribution in [-0.4, -0.2) is 34.2 Å². The molecule has 0 radical (unpaired) electrons. The van der Waals surface area contributed by atoms with E-state index in [-0.39, 0.29) is 11.9 Å². The Morgan fingerprint density at radius 2 is 2.08 bits per heavy atom. The highest BCUT2D eigenvalue weighted by Gasteiger charge is 2.18. The standard InChI is InChI=1S/C8H16N2O2S/c9-4-1-8(11)10-7-2-5-13(12)6-3-7/h7H,1-6,9H2,(H,10,11). The molecule has 0 atom stereocenters. The molecule has 0 aromatic carbocycles. The molecule has 5 heteroatoms. The van der Waals surface area contributed by atoms with E-state index >= 15 is 0 Å². The van der Waals surface area contributed by atoms with E-state index in [9.17, 15) is 9.00 Å². The summed E-state index contributed by atoms with van der Waals surface area (Å²) < 4.78 is 11.0. The van der Waals surface area contributed by atoms with Crippen molar-refractivity contribution in [3.05, 3.63) is 0 Å². The summed E-state index contributed by atoms with van der Waals surface area (Å²) in [6.07, 6.45) is 2.06. The number of amides is 1. The molecule has 1 aliphatic rings. The Hall–Kier alpha value is -0.420. The fourth-order valence-electron chi connectivity index (χ4n) is 1.37. The second-order valence-corrected chi connectivity index (χ2v) is 4.92. The molecule has 76 valence electrons. The minimum Gasteiger partial charge on any atom is -0.353 e. The van der Waals surface area contributed by atoms with E-state index in [2.05, 4.69) is 5.32 Å². The second kappa shape index (κ2) is 5.34. The van der Waals surface area contributed by atoms with Crippen LogP contribution in [0.2, 0.25) is 0 Å². The molecule has 3 N–H and O–H groups in total. The average molecular weight is 204 g/mol. The van der Waals surface area contributed by atoms with E-state index in [4.69, 9.17) is 5.73 Å². The summed E-state index contributed by atoms with van der Waals surface area (Å²) in [4.78, 5) is 11.1. The van der Waals surface area contributed by atoms with E-state index in [0.29, 0.717) is 24.5 Å². The molecule has 0 bridgehead atoms. The Kier molecular flexibility index (Phi) is 4.38. The zero-order chi connectivity index (χ0) is 9.68. The summed E-state index contributed by atoms with van der Waals surface area (Å²) in [5.74, 6) is 1.45.